The van der Waals surface area contributed by atoms with Crippen LogP contribution in [0.25, 0.3) is 0 Å². The van der Waals surface area contributed by atoms with Crippen molar-refractivity contribution in [2.75, 3.05) is 0 Å². The van der Waals surface area contributed by atoms with Gasteiger partial charge in [0.1, 0.15) is 6.34 Å². The van der Waals surface area contributed by atoms with Crippen LogP contribution in [0.1, 0.15) is 0 Å². The van der Waals surface area contributed by atoms with Crippen LogP contribution in [-0.4, -0.2) is 17.2 Å². The Labute approximate surface area is 95.3 Å². The van der Waals surface area contributed by atoms with Gasteiger partial charge in [-0.3, -0.25) is 5.41 Å². The van der Waals surface area contributed by atoms with Gasteiger partial charge in [0.05, 0.1) is 0 Å². The van der Waals surface area contributed by atoms with Gasteiger partial charge in [-0.2, -0.15) is 12.0 Å². The topological polar surface area (TPSA) is 85.9 Å². The van der Waals surface area contributed by atoms with Crippen LogP contribution in [0.3, 0.4) is 0 Å². The molecule has 63 valence electrons. The summed E-state index contributed by atoms with van der Waals surface area (Å²) < 4.78 is 0. The number of aliphatic hydroxyl groups is 1. The number of ketones is 1. The molecule has 0 aromatic heterocycles. The summed E-state index contributed by atoms with van der Waals surface area (Å²) in [6.07, 6.45) is 0.631. The summed E-state index contributed by atoms with van der Waals surface area (Å²) in [6, 6.07) is 0. The molecule has 0 saturated carbocycles. The van der Waals surface area contributed by atoms with Crippen molar-refractivity contribution in [3.63, 3.8) is 0 Å². The van der Waals surface area contributed by atoms with Gasteiger partial charge in [-0.1, -0.05) is 0 Å². The fourth-order valence-electron chi connectivity index (χ4n) is 0.361. The SMILES string of the molecule is [CH2-]C(=O)/C(N=NC=N)=C(\[CH2-])O.[Y]. The van der Waals surface area contributed by atoms with E-state index < -0.39 is 11.5 Å². The molecule has 6 heteroatoms. The summed E-state index contributed by atoms with van der Waals surface area (Å²) in [6.45, 7) is 6.05. The fraction of sp³-hybridized carbons (Fsp3) is 0. The number of nitrogens with one attached hydrogen (secondary N) is 1. The van der Waals surface area contributed by atoms with Gasteiger partial charge in [-0.25, -0.2) is 12.0 Å². The van der Waals surface area contributed by atoms with Crippen molar-refractivity contribution in [3.05, 3.63) is 25.3 Å². The van der Waals surface area contributed by atoms with E-state index in [-0.39, 0.29) is 38.4 Å². The Morgan fingerprint density at radius 2 is 2.00 bits per heavy atom. The van der Waals surface area contributed by atoms with E-state index in [0.717, 1.165) is 0 Å². The van der Waals surface area contributed by atoms with Gasteiger partial charge >= 0.3 is 0 Å². The molecule has 0 rings (SSSR count). The molecule has 5 nitrogen and oxygen atoms in total. The minimum Gasteiger partial charge on any atom is -0.544 e. The van der Waals surface area contributed by atoms with Crippen molar-refractivity contribution < 1.29 is 42.6 Å². The largest absolute Gasteiger partial charge is 0.544 e. The number of hydrogen-bond donors (Lipinski definition) is 2. The number of allylic oxidation sites excluding steroid dienone is 2. The smallest absolute Gasteiger partial charge is 0.128 e. The molecule has 0 aliphatic heterocycles. The summed E-state index contributed by atoms with van der Waals surface area (Å²) in [7, 11) is 0. The molecule has 0 unspecified atom stereocenters. The van der Waals surface area contributed by atoms with Gasteiger partial charge in [0.25, 0.3) is 0 Å². The number of azo groups is 1. The van der Waals surface area contributed by atoms with E-state index in [2.05, 4.69) is 24.1 Å². The van der Waals surface area contributed by atoms with Crippen molar-refractivity contribution in [3.8, 4) is 0 Å². The molecule has 0 heterocycles. The average Bonchev–Trinajstić information content (AvgIpc) is 1.87. The van der Waals surface area contributed by atoms with Crippen molar-refractivity contribution >= 4 is 12.1 Å². The summed E-state index contributed by atoms with van der Waals surface area (Å²) in [5, 5.41) is 21.4. The Bertz CT molecular complexity index is 231. The molecule has 0 aliphatic rings. The van der Waals surface area contributed by atoms with Crippen LogP contribution in [0, 0.1) is 19.3 Å². The first-order valence-corrected chi connectivity index (χ1v) is 2.61. The van der Waals surface area contributed by atoms with Crippen molar-refractivity contribution in [2.45, 2.75) is 0 Å². The Morgan fingerprint density at radius 3 is 2.25 bits per heavy atom. The van der Waals surface area contributed by atoms with Gasteiger partial charge < -0.3 is 9.90 Å². The zero-order chi connectivity index (χ0) is 8.85. The molecule has 2 N–H and O–H groups in total. The molecule has 0 aromatic carbocycles. The Balaban J connectivity index is 0. The number of hydrogen-bond acceptors (Lipinski definition) is 4. The average molecular weight is 242 g/mol. The molecule has 0 aromatic rings. The molecule has 0 atom stereocenters. The van der Waals surface area contributed by atoms with Crippen LogP contribution in [-0.2, 0) is 37.5 Å². The maximum atomic E-state index is 10.5. The molecule has 0 saturated heterocycles. The van der Waals surface area contributed by atoms with Crippen molar-refractivity contribution in [2.24, 2.45) is 10.2 Å². The molecule has 12 heavy (non-hydrogen) atoms. The fourth-order valence-corrected chi connectivity index (χ4v) is 0.361. The minimum absolute atomic E-state index is 0. The number of carbonyl (C=O) groups is 1. The third-order valence-corrected chi connectivity index (χ3v) is 0.753. The summed E-state index contributed by atoms with van der Waals surface area (Å²) in [4.78, 5) is 10.5. The second-order valence-corrected chi connectivity index (χ2v) is 1.56. The van der Waals surface area contributed by atoms with E-state index in [1.54, 1.807) is 0 Å². The van der Waals surface area contributed by atoms with E-state index in [1.807, 2.05) is 0 Å². The predicted octanol–water partition coefficient (Wildman–Crippen LogP) is 1.05. The van der Waals surface area contributed by atoms with Crippen molar-refractivity contribution in [1.29, 1.82) is 5.41 Å². The third-order valence-electron chi connectivity index (χ3n) is 0.753. The maximum absolute atomic E-state index is 10.5. The summed E-state index contributed by atoms with van der Waals surface area (Å²) >= 11 is 0. The van der Waals surface area contributed by atoms with Crippen LogP contribution in [0.2, 0.25) is 0 Å². The van der Waals surface area contributed by atoms with Gasteiger partial charge in [0.15, 0.2) is 0 Å². The Morgan fingerprint density at radius 1 is 1.50 bits per heavy atom. The first kappa shape index (κ1) is 13.9. The van der Waals surface area contributed by atoms with Gasteiger partial charge in [0.2, 0.25) is 0 Å². The first-order valence-electron chi connectivity index (χ1n) is 2.61. The standard InChI is InChI=1S/C6H7N3O2.Y/c1-4(10)6(5(2)11)9-8-3-7;/h3,7,10H,1-2H2;/q-2;/b6-4-,7-3?,9-8?;. The molecule has 0 fully saturated rings. The molecule has 0 aliphatic carbocycles. The van der Waals surface area contributed by atoms with Crippen LogP contribution in [0.15, 0.2) is 21.7 Å². The van der Waals surface area contributed by atoms with Crippen molar-refractivity contribution in [1.82, 2.24) is 0 Å². The zero-order valence-corrected chi connectivity index (χ0v) is 9.16. The van der Waals surface area contributed by atoms with E-state index in [9.17, 15) is 4.79 Å². The predicted molar refractivity (Wildman–Crippen MR) is 39.0 cm³/mol. The number of aliphatic hydroxyl groups excluding tert-OH is 1. The zero-order valence-electron chi connectivity index (χ0n) is 6.32. The molecule has 1 radical (unpaired) electrons. The Kier molecular flexibility index (Phi) is 8.10. The molecular weight excluding hydrogens is 235 g/mol. The van der Waals surface area contributed by atoms with Crippen LogP contribution >= 0.6 is 0 Å². The summed E-state index contributed by atoms with van der Waals surface area (Å²) in [5.74, 6) is -1.20. The molecule has 0 amide bonds. The number of rotatable bonds is 3. The normalized spacial score (nSPS) is 11.7. The minimum atomic E-state index is -0.692. The van der Waals surface area contributed by atoms with E-state index >= 15 is 0 Å². The monoisotopic (exact) mass is 242 g/mol. The quantitative estimate of drug-likeness (QED) is 0.193. The Hall–Kier alpha value is -0.676. The first-order chi connectivity index (χ1) is 5.09. The van der Waals surface area contributed by atoms with E-state index in [0.29, 0.717) is 6.34 Å². The van der Waals surface area contributed by atoms with Crippen LogP contribution in [0.5, 0.6) is 0 Å². The number of nitrogens with zero attached hydrogens (tertiary/aromatic N) is 2. The van der Waals surface area contributed by atoms with Gasteiger partial charge in [-0.05, 0) is 5.76 Å². The summed E-state index contributed by atoms with van der Waals surface area (Å²) in [5.41, 5.74) is -0.339. The van der Waals surface area contributed by atoms with Gasteiger partial charge in [0, 0.05) is 44.2 Å². The van der Waals surface area contributed by atoms with Crippen LogP contribution < -0.4 is 0 Å². The maximum Gasteiger partial charge on any atom is 0.128 e. The molecular formula is C6H7N3O2Y-2. The van der Waals surface area contributed by atoms with E-state index in [1.165, 1.54) is 0 Å². The second kappa shape index (κ2) is 7.00. The number of Topliss-reactive ketones (excluding diaryl/α,β-unsaturated/α-hetero) is 1. The van der Waals surface area contributed by atoms with E-state index in [4.69, 9.17) is 10.5 Å². The van der Waals surface area contributed by atoms with Crippen LogP contribution in [0.4, 0.5) is 0 Å². The second-order valence-electron chi connectivity index (χ2n) is 1.56. The van der Waals surface area contributed by atoms with Gasteiger partial charge in [-0.15, -0.1) is 0 Å². The molecule has 0 spiro atoms. The molecule has 0 bridgehead atoms. The third kappa shape index (κ3) is 5.04. The number of carbonyl (C=O) groups excluding carboxylic acids is 1.